The summed E-state index contributed by atoms with van der Waals surface area (Å²) >= 11 is 0. The maximum absolute atomic E-state index is 13.0. The van der Waals surface area contributed by atoms with E-state index in [0.29, 0.717) is 34.4 Å². The van der Waals surface area contributed by atoms with E-state index in [1.807, 2.05) is 18.2 Å². The van der Waals surface area contributed by atoms with Gasteiger partial charge in [-0.25, -0.2) is 13.4 Å². The summed E-state index contributed by atoms with van der Waals surface area (Å²) in [7, 11) is -3.72. The molecule has 1 saturated carbocycles. The van der Waals surface area contributed by atoms with E-state index < -0.39 is 10.0 Å². The van der Waals surface area contributed by atoms with E-state index in [4.69, 9.17) is 4.42 Å². The molecule has 28 heavy (non-hydrogen) atoms. The molecule has 1 aliphatic rings. The van der Waals surface area contributed by atoms with E-state index in [1.54, 1.807) is 37.4 Å². The molecule has 0 radical (unpaired) electrons. The van der Waals surface area contributed by atoms with Gasteiger partial charge in [-0.3, -0.25) is 4.72 Å². The zero-order chi connectivity index (χ0) is 19.9. The Labute approximate surface area is 165 Å². The fourth-order valence-electron chi connectivity index (χ4n) is 3.13. The topological polar surface area (TPSA) is 72.2 Å². The second kappa shape index (κ2) is 7.09. The van der Waals surface area contributed by atoms with Crippen molar-refractivity contribution in [3.63, 3.8) is 0 Å². The molecule has 1 fully saturated rings. The lowest BCUT2D eigenvalue weighted by Crippen LogP contribution is -2.14. The van der Waals surface area contributed by atoms with Crippen molar-refractivity contribution >= 4 is 15.7 Å². The first-order valence-corrected chi connectivity index (χ1v) is 11.0. The minimum Gasteiger partial charge on any atom is -0.440 e. The monoisotopic (exact) mass is 396 g/mol. The molecule has 0 aliphatic heterocycles. The van der Waals surface area contributed by atoms with Crippen LogP contribution < -0.4 is 4.72 Å². The van der Waals surface area contributed by atoms with Crippen molar-refractivity contribution in [3.05, 3.63) is 65.7 Å². The molecule has 4 rings (SSSR count). The van der Waals surface area contributed by atoms with E-state index in [2.05, 4.69) is 23.6 Å². The zero-order valence-electron chi connectivity index (χ0n) is 16.3. The molecule has 3 aromatic rings. The summed E-state index contributed by atoms with van der Waals surface area (Å²) in [4.78, 5) is 4.57. The molecule has 0 spiro atoms. The standard InChI is InChI=1S/C22H24N2O3S/c1-14(2)16-8-10-19(11-9-16)24-28(25,26)21-12-18(5-4-15(21)3)20-13-23-22(27-20)17-6-7-17/h4-5,8-14,17,24H,6-7H2,1-3H3. The first kappa shape index (κ1) is 18.7. The molecular formula is C22H24N2O3S. The minimum absolute atomic E-state index is 0.238. The highest BCUT2D eigenvalue weighted by molar-refractivity contribution is 7.92. The van der Waals surface area contributed by atoms with Gasteiger partial charge in [0.15, 0.2) is 11.7 Å². The smallest absolute Gasteiger partial charge is 0.262 e. The van der Waals surface area contributed by atoms with Crippen molar-refractivity contribution in [1.82, 2.24) is 4.98 Å². The fourth-order valence-corrected chi connectivity index (χ4v) is 4.46. The number of hydrogen-bond donors (Lipinski definition) is 1. The molecule has 0 bridgehead atoms. The highest BCUT2D eigenvalue weighted by atomic mass is 32.2. The lowest BCUT2D eigenvalue weighted by molar-refractivity contribution is 0.509. The molecule has 0 saturated heterocycles. The number of anilines is 1. The van der Waals surface area contributed by atoms with Gasteiger partial charge >= 0.3 is 0 Å². The van der Waals surface area contributed by atoms with Crippen LogP contribution in [0.4, 0.5) is 5.69 Å². The summed E-state index contributed by atoms with van der Waals surface area (Å²) in [5.41, 5.74) is 3.10. The second-order valence-corrected chi connectivity index (χ2v) is 9.35. The molecule has 146 valence electrons. The predicted molar refractivity (Wildman–Crippen MR) is 110 cm³/mol. The molecule has 1 heterocycles. The van der Waals surface area contributed by atoms with Gasteiger partial charge in [-0.1, -0.05) is 38.1 Å². The number of rotatable bonds is 6. The minimum atomic E-state index is -3.72. The van der Waals surface area contributed by atoms with Crippen molar-refractivity contribution in [2.75, 3.05) is 4.72 Å². The van der Waals surface area contributed by atoms with Crippen LogP contribution >= 0.6 is 0 Å². The van der Waals surface area contributed by atoms with Crippen molar-refractivity contribution in [2.45, 2.75) is 50.3 Å². The summed E-state index contributed by atoms with van der Waals surface area (Å²) < 4.78 is 34.5. The first-order chi connectivity index (χ1) is 13.3. The summed E-state index contributed by atoms with van der Waals surface area (Å²) in [6, 6.07) is 12.8. The number of aryl methyl sites for hydroxylation is 1. The molecule has 6 heteroatoms. The summed E-state index contributed by atoms with van der Waals surface area (Å²) in [6.07, 6.45) is 3.88. The van der Waals surface area contributed by atoms with Crippen LogP contribution in [-0.4, -0.2) is 13.4 Å². The maximum Gasteiger partial charge on any atom is 0.262 e. The summed E-state index contributed by atoms with van der Waals surface area (Å²) in [5, 5.41) is 0. The lowest BCUT2D eigenvalue weighted by atomic mass is 10.0. The van der Waals surface area contributed by atoms with Crippen LogP contribution in [-0.2, 0) is 10.0 Å². The van der Waals surface area contributed by atoms with Crippen LogP contribution in [0.1, 0.15) is 55.5 Å². The zero-order valence-corrected chi connectivity index (χ0v) is 17.1. The fraction of sp³-hybridized carbons (Fsp3) is 0.318. The normalized spacial score (nSPS) is 14.4. The highest BCUT2D eigenvalue weighted by Gasteiger charge is 2.29. The molecule has 1 aliphatic carbocycles. The molecule has 0 amide bonds. The highest BCUT2D eigenvalue weighted by Crippen LogP contribution is 2.40. The third-order valence-corrected chi connectivity index (χ3v) is 6.57. The van der Waals surface area contributed by atoms with E-state index in [0.717, 1.165) is 24.3 Å². The van der Waals surface area contributed by atoms with Crippen molar-refractivity contribution in [3.8, 4) is 11.3 Å². The number of aromatic nitrogens is 1. The van der Waals surface area contributed by atoms with Gasteiger partial charge in [0.05, 0.1) is 11.1 Å². The lowest BCUT2D eigenvalue weighted by Gasteiger charge is -2.12. The third kappa shape index (κ3) is 3.83. The average molecular weight is 397 g/mol. The number of nitrogens with zero attached hydrogens (tertiary/aromatic N) is 1. The van der Waals surface area contributed by atoms with Gasteiger partial charge in [-0.2, -0.15) is 0 Å². The molecule has 2 aromatic carbocycles. The molecule has 0 atom stereocenters. The Morgan fingerprint density at radius 1 is 1.11 bits per heavy atom. The first-order valence-electron chi connectivity index (χ1n) is 9.53. The van der Waals surface area contributed by atoms with Crippen molar-refractivity contribution in [2.24, 2.45) is 0 Å². The number of nitrogens with one attached hydrogen (secondary N) is 1. The van der Waals surface area contributed by atoms with E-state index >= 15 is 0 Å². The molecule has 1 N–H and O–H groups in total. The Kier molecular flexibility index (Phi) is 4.75. The maximum atomic E-state index is 13.0. The molecular weight excluding hydrogens is 372 g/mol. The van der Waals surface area contributed by atoms with E-state index in [1.165, 1.54) is 0 Å². The van der Waals surface area contributed by atoms with Gasteiger partial charge in [-0.05, 0) is 55.0 Å². The van der Waals surface area contributed by atoms with Gasteiger partial charge in [0.1, 0.15) is 0 Å². The SMILES string of the molecule is Cc1ccc(-c2cnc(C3CC3)o2)cc1S(=O)(=O)Nc1ccc(C(C)C)cc1. The summed E-state index contributed by atoms with van der Waals surface area (Å²) in [5.74, 6) is 2.15. The van der Waals surface area contributed by atoms with Crippen molar-refractivity contribution < 1.29 is 12.8 Å². The Balaban J connectivity index is 1.62. The Morgan fingerprint density at radius 3 is 2.46 bits per heavy atom. The molecule has 1 aromatic heterocycles. The van der Waals surface area contributed by atoms with Crippen LogP contribution in [0.5, 0.6) is 0 Å². The van der Waals surface area contributed by atoms with Gasteiger partial charge in [0.2, 0.25) is 0 Å². The van der Waals surface area contributed by atoms with Crippen LogP contribution in [0.3, 0.4) is 0 Å². The van der Waals surface area contributed by atoms with Crippen LogP contribution in [0, 0.1) is 6.92 Å². The summed E-state index contributed by atoms with van der Waals surface area (Å²) in [6.45, 7) is 5.99. The largest absolute Gasteiger partial charge is 0.440 e. The van der Waals surface area contributed by atoms with Gasteiger partial charge in [0, 0.05) is 17.2 Å². The van der Waals surface area contributed by atoms with E-state index in [-0.39, 0.29) is 4.90 Å². The van der Waals surface area contributed by atoms with Gasteiger partial charge < -0.3 is 4.42 Å². The van der Waals surface area contributed by atoms with Crippen LogP contribution in [0.2, 0.25) is 0 Å². The molecule has 5 nitrogen and oxygen atoms in total. The van der Waals surface area contributed by atoms with Crippen molar-refractivity contribution in [1.29, 1.82) is 0 Å². The Bertz CT molecular complexity index is 1100. The Morgan fingerprint density at radius 2 is 1.82 bits per heavy atom. The van der Waals surface area contributed by atoms with Crippen LogP contribution in [0.25, 0.3) is 11.3 Å². The average Bonchev–Trinajstić information content (AvgIpc) is 3.39. The van der Waals surface area contributed by atoms with Gasteiger partial charge in [0.25, 0.3) is 10.0 Å². The number of benzene rings is 2. The second-order valence-electron chi connectivity index (χ2n) is 7.70. The predicted octanol–water partition coefficient (Wildman–Crippen LogP) is 5.45. The number of sulfonamides is 1. The molecule has 0 unspecified atom stereocenters. The van der Waals surface area contributed by atoms with Gasteiger partial charge in [-0.15, -0.1) is 0 Å². The van der Waals surface area contributed by atoms with Crippen LogP contribution in [0.15, 0.2) is 58.0 Å². The quantitative estimate of drug-likeness (QED) is 0.601. The Hall–Kier alpha value is -2.60. The van der Waals surface area contributed by atoms with E-state index in [9.17, 15) is 8.42 Å². The number of hydrogen-bond acceptors (Lipinski definition) is 4. The third-order valence-electron chi connectivity index (χ3n) is 5.04. The number of oxazole rings is 1.